The van der Waals surface area contributed by atoms with E-state index in [0.29, 0.717) is 25.9 Å². The van der Waals surface area contributed by atoms with Crippen LogP contribution in [0.4, 0.5) is 0 Å². The van der Waals surface area contributed by atoms with Crippen molar-refractivity contribution >= 4 is 81.8 Å². The van der Waals surface area contributed by atoms with E-state index in [2.05, 4.69) is 23.3 Å². The maximum atomic E-state index is 11.6. The van der Waals surface area contributed by atoms with Gasteiger partial charge in [0.15, 0.2) is 0 Å². The van der Waals surface area contributed by atoms with Gasteiger partial charge < -0.3 is 20.8 Å². The minimum atomic E-state index is -1.46. The average molecular weight is 547 g/mol. The molecule has 0 heterocycles. The second-order valence-electron chi connectivity index (χ2n) is 5.59. The molecule has 0 spiro atoms. The second-order valence-corrected chi connectivity index (χ2v) is 9.96. The number of hydrogen-bond donors (Lipinski definition) is 5. The highest BCUT2D eigenvalue weighted by Gasteiger charge is 2.24. The minimum absolute atomic E-state index is 0.131. The molecule has 0 fully saturated rings. The summed E-state index contributed by atoms with van der Waals surface area (Å²) >= 11 is 4.88. The first-order chi connectivity index (χ1) is 15.6. The van der Waals surface area contributed by atoms with Crippen molar-refractivity contribution in [2.75, 3.05) is 30.9 Å². The van der Waals surface area contributed by atoms with Gasteiger partial charge in [0.05, 0.1) is 10.5 Å². The number of thioether (sulfide) groups is 1. The van der Waals surface area contributed by atoms with Crippen molar-refractivity contribution < 1.29 is 39.0 Å². The highest BCUT2D eigenvalue weighted by Crippen LogP contribution is 2.19. The molecule has 2 unspecified atom stereocenters. The highest BCUT2D eigenvalue weighted by atomic mass is 33.1. The van der Waals surface area contributed by atoms with Gasteiger partial charge in [0.25, 0.3) is 11.6 Å². The highest BCUT2D eigenvalue weighted by molar-refractivity contribution is 8.76. The van der Waals surface area contributed by atoms with Gasteiger partial charge in [0.1, 0.15) is 0 Å². The summed E-state index contributed by atoms with van der Waals surface area (Å²) in [6, 6.07) is 0. The van der Waals surface area contributed by atoms with Crippen LogP contribution in [0.5, 0.6) is 0 Å². The fourth-order valence-corrected chi connectivity index (χ4v) is 4.29. The molecule has 14 heteroatoms. The lowest BCUT2D eigenvalue weighted by molar-refractivity contribution is -0.148. The molecule has 4 N–H and O–H groups in total. The zero-order chi connectivity index (χ0) is 26.2. The van der Waals surface area contributed by atoms with Crippen LogP contribution in [-0.4, -0.2) is 87.4 Å². The van der Waals surface area contributed by atoms with Crippen molar-refractivity contribution in [1.29, 1.82) is 0 Å². The fraction of sp³-hybridized carbons (Fsp3) is 0.684. The van der Waals surface area contributed by atoms with E-state index in [-0.39, 0.29) is 18.7 Å². The van der Waals surface area contributed by atoms with E-state index >= 15 is 0 Å². The topological polar surface area (TPSA) is 167 Å². The Morgan fingerprint density at radius 3 is 1.88 bits per heavy atom. The van der Waals surface area contributed by atoms with Gasteiger partial charge in [-0.05, 0) is 19.1 Å². The zero-order valence-electron chi connectivity index (χ0n) is 19.2. The van der Waals surface area contributed by atoms with Gasteiger partial charge in [0.2, 0.25) is 12.3 Å². The lowest BCUT2D eigenvalue weighted by atomic mass is 10.1. The molecule has 0 saturated carbocycles. The maximum Gasteiger partial charge on any atom is 0.373 e. The Morgan fingerprint density at radius 2 is 1.48 bits per heavy atom. The summed E-state index contributed by atoms with van der Waals surface area (Å²) in [6.07, 6.45) is 3.11. The van der Waals surface area contributed by atoms with Gasteiger partial charge in [-0.3, -0.25) is 19.2 Å². The van der Waals surface area contributed by atoms with E-state index in [1.54, 1.807) is 34.8 Å². The maximum absolute atomic E-state index is 11.6. The van der Waals surface area contributed by atoms with Crippen LogP contribution in [0, 0.1) is 0 Å². The fourth-order valence-electron chi connectivity index (χ4n) is 1.68. The van der Waals surface area contributed by atoms with Crippen molar-refractivity contribution in [2.45, 2.75) is 50.5 Å². The molecular weight excluding hydrogens is 512 g/mol. The van der Waals surface area contributed by atoms with E-state index < -0.39 is 34.0 Å². The number of amides is 2. The van der Waals surface area contributed by atoms with Gasteiger partial charge in [0, 0.05) is 31.0 Å². The molecule has 0 aliphatic heterocycles. The number of thiol groups is 1. The van der Waals surface area contributed by atoms with Crippen LogP contribution in [0.1, 0.15) is 40.0 Å². The zero-order valence-corrected chi connectivity index (χ0v) is 22.5. The number of rotatable bonds is 17. The van der Waals surface area contributed by atoms with Crippen LogP contribution in [0.3, 0.4) is 0 Å². The van der Waals surface area contributed by atoms with E-state index in [4.69, 9.17) is 10.2 Å². The molecule has 0 bridgehead atoms. The predicted octanol–water partition coefficient (Wildman–Crippen LogP) is 1.77. The first-order valence-electron chi connectivity index (χ1n) is 10.0. The molecule has 0 aromatic carbocycles. The van der Waals surface area contributed by atoms with Crippen molar-refractivity contribution in [3.63, 3.8) is 0 Å². The monoisotopic (exact) mass is 546 g/mol. The summed E-state index contributed by atoms with van der Waals surface area (Å²) in [6.45, 7) is 6.83. The SMILES string of the molecule is CC.CCC(S)C(=O)C(=O)O.CSC(CCC(=O)NCCSSCCNC=O)C(=O)C(=O)O. The number of carbonyl (C=O) groups excluding carboxylic acids is 4. The van der Waals surface area contributed by atoms with Crippen molar-refractivity contribution in [2.24, 2.45) is 0 Å². The number of hydrogen-bond acceptors (Lipinski definition) is 10. The molecule has 33 heavy (non-hydrogen) atoms. The van der Waals surface area contributed by atoms with Gasteiger partial charge >= 0.3 is 11.9 Å². The largest absolute Gasteiger partial charge is 0.475 e. The van der Waals surface area contributed by atoms with E-state index in [9.17, 15) is 28.8 Å². The van der Waals surface area contributed by atoms with E-state index in [0.717, 1.165) is 23.3 Å². The molecular formula is C19H34N2O8S4. The van der Waals surface area contributed by atoms with Crippen LogP contribution >= 0.6 is 46.0 Å². The molecule has 0 aromatic heterocycles. The quantitative estimate of drug-likeness (QED) is 0.0593. The molecule has 0 rings (SSSR count). The Hall–Kier alpha value is -1.38. The number of carboxylic acid groups (broad SMARTS) is 2. The van der Waals surface area contributed by atoms with Crippen LogP contribution < -0.4 is 10.6 Å². The molecule has 2 atom stereocenters. The molecule has 0 saturated heterocycles. The van der Waals surface area contributed by atoms with E-state index in [1.807, 2.05) is 13.8 Å². The van der Waals surface area contributed by atoms with Crippen LogP contribution in [-0.2, 0) is 28.8 Å². The first kappa shape index (κ1) is 36.2. The van der Waals surface area contributed by atoms with Crippen molar-refractivity contribution in [3.8, 4) is 0 Å². The summed E-state index contributed by atoms with van der Waals surface area (Å²) in [4.78, 5) is 63.8. The Morgan fingerprint density at radius 1 is 0.970 bits per heavy atom. The lowest BCUT2D eigenvalue weighted by Gasteiger charge is -2.10. The number of aliphatic carboxylic acids is 2. The van der Waals surface area contributed by atoms with Gasteiger partial charge in [-0.25, -0.2) is 9.59 Å². The van der Waals surface area contributed by atoms with Crippen LogP contribution in [0.2, 0.25) is 0 Å². The summed E-state index contributed by atoms with van der Waals surface area (Å²) in [7, 11) is 3.20. The van der Waals surface area contributed by atoms with E-state index in [1.165, 1.54) is 0 Å². The van der Waals surface area contributed by atoms with Crippen LogP contribution in [0.25, 0.3) is 0 Å². The minimum Gasteiger partial charge on any atom is -0.475 e. The van der Waals surface area contributed by atoms with Crippen LogP contribution in [0.15, 0.2) is 0 Å². The molecule has 0 aromatic rings. The number of Topliss-reactive ketones (excluding diaryl/α,β-unsaturated/α-hetero) is 2. The first-order valence-corrected chi connectivity index (χ1v) is 14.3. The number of ketones is 2. The van der Waals surface area contributed by atoms with Gasteiger partial charge in [-0.1, -0.05) is 42.4 Å². The number of nitrogens with one attached hydrogen (secondary N) is 2. The average Bonchev–Trinajstić information content (AvgIpc) is 2.81. The summed E-state index contributed by atoms with van der Waals surface area (Å²) in [5.41, 5.74) is 0. The lowest BCUT2D eigenvalue weighted by Crippen LogP contribution is -2.29. The van der Waals surface area contributed by atoms with Crippen molar-refractivity contribution in [3.05, 3.63) is 0 Å². The summed E-state index contributed by atoms with van der Waals surface area (Å²) in [5.74, 6) is -3.22. The summed E-state index contributed by atoms with van der Waals surface area (Å²) < 4.78 is 0. The Balaban J connectivity index is -0.000000682. The molecule has 192 valence electrons. The predicted molar refractivity (Wildman–Crippen MR) is 138 cm³/mol. The molecule has 10 nitrogen and oxygen atoms in total. The second kappa shape index (κ2) is 25.2. The molecule has 0 aliphatic carbocycles. The summed E-state index contributed by atoms with van der Waals surface area (Å²) in [5, 5.41) is 20.7. The van der Waals surface area contributed by atoms with Gasteiger partial charge in [-0.15, -0.1) is 0 Å². The standard InChI is InChI=1S/C12H20N2O5S3.C5H8O3S.C2H6/c1-20-9(11(17)12(18)19)2-3-10(16)14-5-7-22-21-6-4-13-8-15;1-2-3(9)4(6)5(7)8;1-2/h8-9H,2-7H2,1H3,(H,13,15)(H,14,16)(H,18,19);3,9H,2H2,1H3,(H,7,8);1-2H3. The molecule has 0 aliphatic rings. The Bertz CT molecular complexity index is 608. The normalized spacial score (nSPS) is 11.3. The smallest absolute Gasteiger partial charge is 0.373 e. The van der Waals surface area contributed by atoms with Crippen molar-refractivity contribution in [1.82, 2.24) is 10.6 Å². The Kier molecular flexibility index (Phi) is 27.7. The third-order valence-electron chi connectivity index (χ3n) is 3.33. The molecule has 2 amide bonds. The molecule has 0 radical (unpaired) electrons. The Labute approximate surface area is 212 Å². The van der Waals surface area contributed by atoms with Gasteiger partial charge in [-0.2, -0.15) is 24.4 Å². The third-order valence-corrected chi connectivity index (χ3v) is 7.35. The third kappa shape index (κ3) is 22.2. The number of carbonyl (C=O) groups is 6. The number of carboxylic acids is 2.